The van der Waals surface area contributed by atoms with Crippen LogP contribution in [-0.2, 0) is 0 Å². The molecule has 1 rings (SSSR count). The first kappa shape index (κ1) is 7.80. The second-order valence-electron chi connectivity index (χ2n) is 3.41. The molecule has 0 bridgehead atoms. The summed E-state index contributed by atoms with van der Waals surface area (Å²) in [6.07, 6.45) is 3.82. The van der Waals surface area contributed by atoms with Crippen LogP contribution in [0.15, 0.2) is 11.1 Å². The molecule has 1 unspecified atom stereocenters. The minimum Gasteiger partial charge on any atom is -0.330 e. The molecule has 0 saturated heterocycles. The number of nitrogens with two attached hydrogens (primary N) is 1. The standard InChI is InChI=1S/C9H17N/c1-7-3-4-9(6-10)5-8(7)2/h9H,3-6,10H2,1-2H3. The summed E-state index contributed by atoms with van der Waals surface area (Å²) in [6, 6.07) is 0. The number of hydrogen-bond donors (Lipinski definition) is 1. The summed E-state index contributed by atoms with van der Waals surface area (Å²) in [5.74, 6) is 0.767. The molecule has 0 aromatic carbocycles. The lowest BCUT2D eigenvalue weighted by atomic mass is 9.85. The highest BCUT2D eigenvalue weighted by Crippen LogP contribution is 2.27. The van der Waals surface area contributed by atoms with Gasteiger partial charge in [-0.25, -0.2) is 0 Å². The van der Waals surface area contributed by atoms with Crippen molar-refractivity contribution in [1.82, 2.24) is 0 Å². The highest BCUT2D eigenvalue weighted by molar-refractivity contribution is 5.13. The fourth-order valence-corrected chi connectivity index (χ4v) is 1.54. The Bertz CT molecular complexity index is 147. The van der Waals surface area contributed by atoms with Crippen molar-refractivity contribution in [3.05, 3.63) is 11.1 Å². The van der Waals surface area contributed by atoms with Gasteiger partial charge in [0.2, 0.25) is 0 Å². The van der Waals surface area contributed by atoms with E-state index in [2.05, 4.69) is 13.8 Å². The molecule has 1 aliphatic carbocycles. The SMILES string of the molecule is CC1=C(C)CC(CN)CC1. The van der Waals surface area contributed by atoms with Gasteiger partial charge in [-0.2, -0.15) is 0 Å². The van der Waals surface area contributed by atoms with Crippen LogP contribution in [0.2, 0.25) is 0 Å². The first-order valence-corrected chi connectivity index (χ1v) is 4.09. The van der Waals surface area contributed by atoms with Crippen LogP contribution < -0.4 is 5.73 Å². The molecular formula is C9H17N. The van der Waals surface area contributed by atoms with Crippen molar-refractivity contribution in [3.63, 3.8) is 0 Å². The van der Waals surface area contributed by atoms with Crippen molar-refractivity contribution in [1.29, 1.82) is 0 Å². The Labute approximate surface area is 63.3 Å². The molecule has 0 aromatic rings. The maximum Gasteiger partial charge on any atom is -0.00457 e. The van der Waals surface area contributed by atoms with Gasteiger partial charge >= 0.3 is 0 Å². The van der Waals surface area contributed by atoms with Gasteiger partial charge in [-0.3, -0.25) is 0 Å². The van der Waals surface area contributed by atoms with Crippen molar-refractivity contribution in [3.8, 4) is 0 Å². The van der Waals surface area contributed by atoms with Crippen molar-refractivity contribution in [2.45, 2.75) is 33.1 Å². The predicted octanol–water partition coefficient (Wildman–Crippen LogP) is 2.08. The van der Waals surface area contributed by atoms with Gasteiger partial charge < -0.3 is 5.73 Å². The van der Waals surface area contributed by atoms with E-state index in [0.29, 0.717) is 0 Å². The monoisotopic (exact) mass is 139 g/mol. The van der Waals surface area contributed by atoms with Crippen molar-refractivity contribution >= 4 is 0 Å². The summed E-state index contributed by atoms with van der Waals surface area (Å²) in [5, 5.41) is 0. The molecule has 1 atom stereocenters. The third-order valence-electron chi connectivity index (χ3n) is 2.58. The fourth-order valence-electron chi connectivity index (χ4n) is 1.54. The highest BCUT2D eigenvalue weighted by Gasteiger charge is 2.14. The van der Waals surface area contributed by atoms with Crippen LogP contribution in [0, 0.1) is 5.92 Å². The summed E-state index contributed by atoms with van der Waals surface area (Å²) in [7, 11) is 0. The van der Waals surface area contributed by atoms with Crippen molar-refractivity contribution in [2.75, 3.05) is 6.54 Å². The Morgan fingerprint density at radius 2 is 2.10 bits per heavy atom. The van der Waals surface area contributed by atoms with E-state index >= 15 is 0 Å². The lowest BCUT2D eigenvalue weighted by molar-refractivity contribution is 0.465. The Morgan fingerprint density at radius 3 is 2.60 bits per heavy atom. The molecule has 0 radical (unpaired) electrons. The fraction of sp³-hybridized carbons (Fsp3) is 0.778. The predicted molar refractivity (Wildman–Crippen MR) is 44.8 cm³/mol. The Morgan fingerprint density at radius 1 is 1.40 bits per heavy atom. The Balaban J connectivity index is 2.54. The van der Waals surface area contributed by atoms with E-state index in [1.165, 1.54) is 19.3 Å². The zero-order valence-corrected chi connectivity index (χ0v) is 6.98. The Hall–Kier alpha value is -0.300. The van der Waals surface area contributed by atoms with Gasteiger partial charge in [-0.05, 0) is 45.6 Å². The third-order valence-corrected chi connectivity index (χ3v) is 2.58. The van der Waals surface area contributed by atoms with Crippen LogP contribution in [0.5, 0.6) is 0 Å². The summed E-state index contributed by atoms with van der Waals surface area (Å²) in [6.45, 7) is 5.34. The van der Waals surface area contributed by atoms with E-state index in [9.17, 15) is 0 Å². The second kappa shape index (κ2) is 3.20. The summed E-state index contributed by atoms with van der Waals surface area (Å²) in [4.78, 5) is 0. The molecule has 0 amide bonds. The molecule has 10 heavy (non-hydrogen) atoms. The molecule has 0 spiro atoms. The lowest BCUT2D eigenvalue weighted by Gasteiger charge is -2.22. The van der Waals surface area contributed by atoms with Gasteiger partial charge in [0.15, 0.2) is 0 Å². The summed E-state index contributed by atoms with van der Waals surface area (Å²) in [5.41, 5.74) is 8.75. The minimum absolute atomic E-state index is 0.767. The van der Waals surface area contributed by atoms with E-state index in [0.717, 1.165) is 12.5 Å². The van der Waals surface area contributed by atoms with E-state index < -0.39 is 0 Å². The molecule has 0 aromatic heterocycles. The first-order valence-electron chi connectivity index (χ1n) is 4.09. The van der Waals surface area contributed by atoms with Gasteiger partial charge in [0.05, 0.1) is 0 Å². The molecule has 0 fully saturated rings. The van der Waals surface area contributed by atoms with Gasteiger partial charge in [-0.15, -0.1) is 0 Å². The van der Waals surface area contributed by atoms with Crippen LogP contribution >= 0.6 is 0 Å². The lowest BCUT2D eigenvalue weighted by Crippen LogP contribution is -2.17. The molecular weight excluding hydrogens is 122 g/mol. The maximum atomic E-state index is 5.59. The topological polar surface area (TPSA) is 26.0 Å². The number of allylic oxidation sites excluding steroid dienone is 2. The number of hydrogen-bond acceptors (Lipinski definition) is 1. The maximum absolute atomic E-state index is 5.59. The molecule has 0 saturated carbocycles. The second-order valence-corrected chi connectivity index (χ2v) is 3.41. The highest BCUT2D eigenvalue weighted by atomic mass is 14.5. The average Bonchev–Trinajstić information content (AvgIpc) is 1.95. The van der Waals surface area contributed by atoms with E-state index in [1.807, 2.05) is 0 Å². The zero-order chi connectivity index (χ0) is 7.56. The molecule has 1 nitrogen and oxygen atoms in total. The van der Waals surface area contributed by atoms with Gasteiger partial charge in [0.25, 0.3) is 0 Å². The van der Waals surface area contributed by atoms with Crippen molar-refractivity contribution < 1.29 is 0 Å². The van der Waals surface area contributed by atoms with E-state index in [4.69, 9.17) is 5.73 Å². The third kappa shape index (κ3) is 1.60. The molecule has 1 aliphatic rings. The minimum atomic E-state index is 0.767. The molecule has 1 heteroatoms. The van der Waals surface area contributed by atoms with Crippen LogP contribution in [0.3, 0.4) is 0 Å². The van der Waals surface area contributed by atoms with Crippen LogP contribution in [0.25, 0.3) is 0 Å². The first-order chi connectivity index (χ1) is 4.74. The van der Waals surface area contributed by atoms with Gasteiger partial charge in [-0.1, -0.05) is 11.1 Å². The molecule has 0 aliphatic heterocycles. The zero-order valence-electron chi connectivity index (χ0n) is 6.98. The summed E-state index contributed by atoms with van der Waals surface area (Å²) >= 11 is 0. The average molecular weight is 139 g/mol. The largest absolute Gasteiger partial charge is 0.330 e. The van der Waals surface area contributed by atoms with Crippen LogP contribution in [0.1, 0.15) is 33.1 Å². The van der Waals surface area contributed by atoms with Gasteiger partial charge in [0.1, 0.15) is 0 Å². The number of rotatable bonds is 1. The van der Waals surface area contributed by atoms with E-state index in [-0.39, 0.29) is 0 Å². The molecule has 58 valence electrons. The molecule has 2 N–H and O–H groups in total. The van der Waals surface area contributed by atoms with Crippen molar-refractivity contribution in [2.24, 2.45) is 11.7 Å². The van der Waals surface area contributed by atoms with Gasteiger partial charge in [0, 0.05) is 0 Å². The van der Waals surface area contributed by atoms with E-state index in [1.54, 1.807) is 11.1 Å². The smallest absolute Gasteiger partial charge is 0.00457 e. The Kier molecular flexibility index (Phi) is 2.50. The van der Waals surface area contributed by atoms with Crippen LogP contribution in [0.4, 0.5) is 0 Å². The normalized spacial score (nSPS) is 27.3. The quantitative estimate of drug-likeness (QED) is 0.553. The van der Waals surface area contributed by atoms with Crippen LogP contribution in [-0.4, -0.2) is 6.54 Å². The summed E-state index contributed by atoms with van der Waals surface area (Å²) < 4.78 is 0. The molecule has 0 heterocycles.